The molecular formula is C21H26N2O2. The van der Waals surface area contributed by atoms with Crippen LogP contribution in [0.5, 0.6) is 0 Å². The van der Waals surface area contributed by atoms with E-state index in [1.54, 1.807) is 13.8 Å². The van der Waals surface area contributed by atoms with Crippen molar-refractivity contribution in [1.29, 1.82) is 0 Å². The maximum absolute atomic E-state index is 11.9. The molecule has 4 heteroatoms. The standard InChI is InChI=1S/C21H26N2O2/c1-21(2,20(22)25)23-19(24)15-14-18-12-10-17(11-13-18)9-8-16-6-4-3-5-7-16/h3-7,10-13H,8-9,14-15H2,1-2H3,(H2,22,25)(H,23,24). The third-order valence-electron chi connectivity index (χ3n) is 4.28. The SMILES string of the molecule is CC(C)(NC(=O)CCc1ccc(CCc2ccccc2)cc1)C(N)=O. The minimum absolute atomic E-state index is 0.169. The van der Waals surface area contributed by atoms with Crippen LogP contribution in [-0.4, -0.2) is 17.4 Å². The first-order valence-corrected chi connectivity index (χ1v) is 8.59. The second-order valence-electron chi connectivity index (χ2n) is 6.84. The normalized spacial score (nSPS) is 11.1. The minimum atomic E-state index is -1.02. The van der Waals surface area contributed by atoms with Crippen molar-refractivity contribution in [2.24, 2.45) is 5.73 Å². The van der Waals surface area contributed by atoms with Gasteiger partial charge in [-0.1, -0.05) is 54.6 Å². The van der Waals surface area contributed by atoms with Crippen LogP contribution in [0.25, 0.3) is 0 Å². The molecule has 0 radical (unpaired) electrons. The monoisotopic (exact) mass is 338 g/mol. The molecule has 2 aromatic carbocycles. The number of benzene rings is 2. The smallest absolute Gasteiger partial charge is 0.242 e. The van der Waals surface area contributed by atoms with Crippen molar-refractivity contribution in [3.8, 4) is 0 Å². The predicted molar refractivity (Wildman–Crippen MR) is 100 cm³/mol. The van der Waals surface area contributed by atoms with Gasteiger partial charge in [-0.2, -0.15) is 0 Å². The molecule has 2 aromatic rings. The van der Waals surface area contributed by atoms with Gasteiger partial charge in [0.25, 0.3) is 0 Å². The van der Waals surface area contributed by atoms with E-state index in [1.165, 1.54) is 11.1 Å². The highest BCUT2D eigenvalue weighted by atomic mass is 16.2. The average molecular weight is 338 g/mol. The molecule has 3 N–H and O–H groups in total. The van der Waals surface area contributed by atoms with Gasteiger partial charge in [0.15, 0.2) is 0 Å². The molecule has 0 aliphatic heterocycles. The molecule has 0 saturated carbocycles. The fourth-order valence-electron chi connectivity index (χ4n) is 2.54. The summed E-state index contributed by atoms with van der Waals surface area (Å²) in [5.41, 5.74) is 7.97. The van der Waals surface area contributed by atoms with Crippen LogP contribution in [0.1, 0.15) is 37.0 Å². The number of primary amides is 1. The predicted octanol–water partition coefficient (Wildman–Crippen LogP) is 2.78. The molecule has 0 fully saturated rings. The third-order valence-corrected chi connectivity index (χ3v) is 4.28. The van der Waals surface area contributed by atoms with Gasteiger partial charge in [-0.05, 0) is 49.8 Å². The van der Waals surface area contributed by atoms with Gasteiger partial charge in [-0.15, -0.1) is 0 Å². The van der Waals surface area contributed by atoms with Crippen molar-refractivity contribution in [2.45, 2.75) is 45.1 Å². The number of nitrogens with two attached hydrogens (primary N) is 1. The molecule has 0 saturated heterocycles. The summed E-state index contributed by atoms with van der Waals surface area (Å²) in [5, 5.41) is 2.66. The zero-order valence-corrected chi connectivity index (χ0v) is 14.9. The summed E-state index contributed by atoms with van der Waals surface area (Å²) in [6, 6.07) is 18.8. The summed E-state index contributed by atoms with van der Waals surface area (Å²) in [6.07, 6.45) is 2.99. The van der Waals surface area contributed by atoms with E-state index in [2.05, 4.69) is 53.8 Å². The molecule has 132 valence electrons. The number of carbonyl (C=O) groups is 2. The first kappa shape index (κ1) is 18.7. The van der Waals surface area contributed by atoms with Crippen LogP contribution in [0.3, 0.4) is 0 Å². The van der Waals surface area contributed by atoms with E-state index in [0.717, 1.165) is 18.4 Å². The topological polar surface area (TPSA) is 72.2 Å². The molecule has 25 heavy (non-hydrogen) atoms. The Balaban J connectivity index is 1.80. The first-order chi connectivity index (χ1) is 11.9. The van der Waals surface area contributed by atoms with E-state index in [-0.39, 0.29) is 5.91 Å². The lowest BCUT2D eigenvalue weighted by Crippen LogP contribution is -2.53. The van der Waals surface area contributed by atoms with Crippen LogP contribution in [-0.2, 0) is 28.9 Å². The summed E-state index contributed by atoms with van der Waals surface area (Å²) < 4.78 is 0. The Morgan fingerprint density at radius 3 is 1.84 bits per heavy atom. The van der Waals surface area contributed by atoms with Crippen LogP contribution in [0, 0.1) is 0 Å². The van der Waals surface area contributed by atoms with Gasteiger partial charge in [-0.25, -0.2) is 0 Å². The molecule has 4 nitrogen and oxygen atoms in total. The Morgan fingerprint density at radius 2 is 1.32 bits per heavy atom. The van der Waals surface area contributed by atoms with Gasteiger partial charge in [0.2, 0.25) is 11.8 Å². The number of nitrogens with one attached hydrogen (secondary N) is 1. The van der Waals surface area contributed by atoms with E-state index >= 15 is 0 Å². The summed E-state index contributed by atoms with van der Waals surface area (Å²) in [7, 11) is 0. The van der Waals surface area contributed by atoms with E-state index in [4.69, 9.17) is 5.73 Å². The van der Waals surface area contributed by atoms with Gasteiger partial charge >= 0.3 is 0 Å². The Kier molecular flexibility index (Phi) is 6.34. The van der Waals surface area contributed by atoms with Crippen LogP contribution in [0.2, 0.25) is 0 Å². The average Bonchev–Trinajstić information content (AvgIpc) is 2.59. The molecule has 0 unspecified atom stereocenters. The zero-order chi connectivity index (χ0) is 18.3. The Hall–Kier alpha value is -2.62. The molecule has 2 amide bonds. The summed E-state index contributed by atoms with van der Waals surface area (Å²) in [4.78, 5) is 23.2. The summed E-state index contributed by atoms with van der Waals surface area (Å²) >= 11 is 0. The summed E-state index contributed by atoms with van der Waals surface area (Å²) in [6.45, 7) is 3.21. The van der Waals surface area contributed by atoms with Crippen LogP contribution >= 0.6 is 0 Å². The first-order valence-electron chi connectivity index (χ1n) is 8.59. The molecular weight excluding hydrogens is 312 g/mol. The van der Waals surface area contributed by atoms with E-state index in [9.17, 15) is 9.59 Å². The van der Waals surface area contributed by atoms with Crippen LogP contribution < -0.4 is 11.1 Å². The Labute approximate surface area is 149 Å². The van der Waals surface area contributed by atoms with Gasteiger partial charge in [0.05, 0.1) is 0 Å². The quantitative estimate of drug-likeness (QED) is 0.777. The van der Waals surface area contributed by atoms with Crippen LogP contribution in [0.4, 0.5) is 0 Å². The minimum Gasteiger partial charge on any atom is -0.368 e. The third kappa shape index (κ3) is 6.07. The second kappa shape index (κ2) is 8.47. The lowest BCUT2D eigenvalue weighted by Gasteiger charge is -2.22. The van der Waals surface area contributed by atoms with Crippen molar-refractivity contribution in [2.75, 3.05) is 0 Å². The number of rotatable bonds is 8. The van der Waals surface area contributed by atoms with Gasteiger partial charge < -0.3 is 11.1 Å². The van der Waals surface area contributed by atoms with Crippen molar-refractivity contribution in [3.63, 3.8) is 0 Å². The Bertz CT molecular complexity index is 706. The lowest BCUT2D eigenvalue weighted by molar-refractivity contribution is -0.130. The highest BCUT2D eigenvalue weighted by Crippen LogP contribution is 2.11. The molecule has 0 spiro atoms. The highest BCUT2D eigenvalue weighted by Gasteiger charge is 2.26. The number of carbonyl (C=O) groups excluding carboxylic acids is 2. The fraction of sp³-hybridized carbons (Fsp3) is 0.333. The van der Waals surface area contributed by atoms with Gasteiger partial charge in [0.1, 0.15) is 5.54 Å². The number of amides is 2. The summed E-state index contributed by atoms with van der Waals surface area (Å²) in [5.74, 6) is -0.708. The fourth-order valence-corrected chi connectivity index (χ4v) is 2.54. The van der Waals surface area contributed by atoms with Crippen LogP contribution in [0.15, 0.2) is 54.6 Å². The Morgan fingerprint density at radius 1 is 0.840 bits per heavy atom. The van der Waals surface area contributed by atoms with Gasteiger partial charge in [0, 0.05) is 6.42 Å². The zero-order valence-electron chi connectivity index (χ0n) is 14.9. The molecule has 0 bridgehead atoms. The molecule has 0 heterocycles. The van der Waals surface area contributed by atoms with Crippen molar-refractivity contribution < 1.29 is 9.59 Å². The van der Waals surface area contributed by atoms with Gasteiger partial charge in [-0.3, -0.25) is 9.59 Å². The molecule has 0 aliphatic rings. The van der Waals surface area contributed by atoms with Crippen molar-refractivity contribution in [3.05, 3.63) is 71.3 Å². The van der Waals surface area contributed by atoms with E-state index < -0.39 is 11.4 Å². The maximum Gasteiger partial charge on any atom is 0.242 e. The van der Waals surface area contributed by atoms with Crippen molar-refractivity contribution in [1.82, 2.24) is 5.32 Å². The molecule has 0 atom stereocenters. The van der Waals surface area contributed by atoms with E-state index in [1.807, 2.05) is 6.07 Å². The second-order valence-corrected chi connectivity index (χ2v) is 6.84. The van der Waals surface area contributed by atoms with E-state index in [0.29, 0.717) is 12.8 Å². The van der Waals surface area contributed by atoms with Crippen molar-refractivity contribution >= 4 is 11.8 Å². The molecule has 2 rings (SSSR count). The molecule has 0 aromatic heterocycles. The number of hydrogen-bond acceptors (Lipinski definition) is 2. The largest absolute Gasteiger partial charge is 0.368 e. The number of aryl methyl sites for hydroxylation is 3. The highest BCUT2D eigenvalue weighted by molar-refractivity contribution is 5.89. The number of hydrogen-bond donors (Lipinski definition) is 2. The lowest BCUT2D eigenvalue weighted by atomic mass is 10.0. The molecule has 0 aliphatic carbocycles. The maximum atomic E-state index is 11.9.